The van der Waals surface area contributed by atoms with Gasteiger partial charge < -0.3 is 4.74 Å². The Morgan fingerprint density at radius 1 is 1.67 bits per heavy atom. The largest absolute Gasteiger partial charge is 0.460 e. The van der Waals surface area contributed by atoms with Crippen LogP contribution in [-0.2, 0) is 14.3 Å². The minimum atomic E-state index is -1.04. The predicted octanol–water partition coefficient (Wildman–Crippen LogP) is 1.49. The molecule has 1 heterocycles. The Morgan fingerprint density at radius 2 is 2.40 bits per heavy atom. The van der Waals surface area contributed by atoms with E-state index in [1.807, 2.05) is 0 Å². The third-order valence-corrected chi connectivity index (χ3v) is 2.63. The molecular formula is C10H9NO3S. The van der Waals surface area contributed by atoms with Crippen LogP contribution in [0, 0.1) is 11.3 Å². The molecule has 0 fully saturated rings. The van der Waals surface area contributed by atoms with Crippen LogP contribution in [0.25, 0.3) is 0 Å². The van der Waals surface area contributed by atoms with Crippen molar-refractivity contribution in [3.8, 4) is 6.07 Å². The number of esters is 1. The highest BCUT2D eigenvalue weighted by Gasteiger charge is 2.28. The quantitative estimate of drug-likeness (QED) is 0.573. The number of ether oxygens (including phenoxy) is 1. The van der Waals surface area contributed by atoms with Crippen molar-refractivity contribution in [2.45, 2.75) is 12.8 Å². The lowest BCUT2D eigenvalue weighted by Gasteiger charge is -2.04. The lowest BCUT2D eigenvalue weighted by molar-refractivity contribution is -0.153. The van der Waals surface area contributed by atoms with E-state index in [1.54, 1.807) is 30.5 Å². The summed E-state index contributed by atoms with van der Waals surface area (Å²) in [7, 11) is 0. The molecule has 0 saturated heterocycles. The first-order chi connectivity index (χ1) is 7.20. The van der Waals surface area contributed by atoms with Gasteiger partial charge in [-0.25, -0.2) is 4.79 Å². The van der Waals surface area contributed by atoms with Crippen molar-refractivity contribution in [1.82, 2.24) is 0 Å². The molecule has 5 heteroatoms. The fourth-order valence-corrected chi connectivity index (χ4v) is 1.79. The molecule has 1 aromatic heterocycles. The lowest BCUT2D eigenvalue weighted by Crippen LogP contribution is -2.23. The van der Waals surface area contributed by atoms with E-state index in [1.165, 1.54) is 11.3 Å². The fourth-order valence-electron chi connectivity index (χ4n) is 1.03. The number of carbonyl (C=O) groups is 2. The van der Waals surface area contributed by atoms with Gasteiger partial charge in [0.05, 0.1) is 12.7 Å². The Labute approximate surface area is 91.1 Å². The highest BCUT2D eigenvalue weighted by atomic mass is 32.1. The summed E-state index contributed by atoms with van der Waals surface area (Å²) >= 11 is 1.27. The number of hydrogen-bond acceptors (Lipinski definition) is 5. The van der Waals surface area contributed by atoms with Crippen LogP contribution in [0.4, 0.5) is 0 Å². The molecule has 0 saturated carbocycles. The molecule has 0 radical (unpaired) electrons. The first kappa shape index (κ1) is 11.4. The second-order valence-electron chi connectivity index (χ2n) is 2.66. The molecule has 0 aliphatic carbocycles. The number of nitrogens with zero attached hydrogens (tertiary/aromatic N) is 1. The van der Waals surface area contributed by atoms with Crippen LogP contribution in [-0.4, -0.2) is 18.4 Å². The van der Waals surface area contributed by atoms with Gasteiger partial charge in [0.2, 0.25) is 0 Å². The Kier molecular flexibility index (Phi) is 4.01. The van der Waals surface area contributed by atoms with Gasteiger partial charge in [0.1, 0.15) is 0 Å². The summed E-state index contributed by atoms with van der Waals surface area (Å²) in [5, 5.41) is 10.6. The third-order valence-electron chi connectivity index (χ3n) is 1.70. The summed E-state index contributed by atoms with van der Waals surface area (Å²) in [6, 6.07) is 5.18. The van der Waals surface area contributed by atoms with Gasteiger partial charge in [-0.1, -0.05) is 6.07 Å². The van der Waals surface area contributed by atoms with Gasteiger partial charge in [0, 0.05) is 4.88 Å². The standard InChI is InChI=1S/C10H9NO3S/c1-2-14-10(13)9(12)7(6-11)8-4-3-5-15-8/h3-5,7H,2H2,1H3. The van der Waals surface area contributed by atoms with Crippen LogP contribution in [0.5, 0.6) is 0 Å². The molecule has 0 N–H and O–H groups in total. The molecule has 78 valence electrons. The maximum absolute atomic E-state index is 11.5. The van der Waals surface area contributed by atoms with Gasteiger partial charge in [0.25, 0.3) is 5.78 Å². The van der Waals surface area contributed by atoms with E-state index in [0.29, 0.717) is 4.88 Å². The maximum atomic E-state index is 11.5. The van der Waals surface area contributed by atoms with Crippen LogP contribution in [0.1, 0.15) is 17.7 Å². The Morgan fingerprint density at radius 3 is 2.87 bits per heavy atom. The summed E-state index contributed by atoms with van der Waals surface area (Å²) < 4.78 is 4.55. The van der Waals surface area contributed by atoms with Crippen LogP contribution in [0.15, 0.2) is 17.5 Å². The highest BCUT2D eigenvalue weighted by Crippen LogP contribution is 2.21. The normalized spacial score (nSPS) is 11.5. The molecule has 1 rings (SSSR count). The van der Waals surface area contributed by atoms with Crippen molar-refractivity contribution < 1.29 is 14.3 Å². The van der Waals surface area contributed by atoms with Crippen LogP contribution >= 0.6 is 11.3 Å². The van der Waals surface area contributed by atoms with Crippen molar-refractivity contribution in [3.05, 3.63) is 22.4 Å². The van der Waals surface area contributed by atoms with E-state index in [2.05, 4.69) is 4.74 Å². The van der Waals surface area contributed by atoms with Crippen molar-refractivity contribution in [2.75, 3.05) is 6.61 Å². The Balaban J connectivity index is 2.82. The monoisotopic (exact) mass is 223 g/mol. The molecule has 1 aromatic rings. The first-order valence-electron chi connectivity index (χ1n) is 4.34. The average Bonchev–Trinajstić information content (AvgIpc) is 2.72. The lowest BCUT2D eigenvalue weighted by atomic mass is 10.0. The van der Waals surface area contributed by atoms with E-state index in [9.17, 15) is 9.59 Å². The minimum Gasteiger partial charge on any atom is -0.460 e. The second kappa shape index (κ2) is 5.27. The highest BCUT2D eigenvalue weighted by molar-refractivity contribution is 7.10. The van der Waals surface area contributed by atoms with E-state index in [-0.39, 0.29) is 6.61 Å². The minimum absolute atomic E-state index is 0.132. The average molecular weight is 223 g/mol. The third kappa shape index (κ3) is 2.64. The molecule has 15 heavy (non-hydrogen) atoms. The molecule has 1 atom stereocenters. The van der Waals surface area contributed by atoms with Gasteiger partial charge in [0.15, 0.2) is 5.92 Å². The van der Waals surface area contributed by atoms with Gasteiger partial charge in [-0.2, -0.15) is 5.26 Å². The summed E-state index contributed by atoms with van der Waals surface area (Å²) in [5.41, 5.74) is 0. The summed E-state index contributed by atoms with van der Waals surface area (Å²) in [6.07, 6.45) is 0. The Bertz CT molecular complexity index is 391. The zero-order valence-corrected chi connectivity index (χ0v) is 8.91. The van der Waals surface area contributed by atoms with Crippen molar-refractivity contribution in [1.29, 1.82) is 5.26 Å². The van der Waals surface area contributed by atoms with Crippen molar-refractivity contribution >= 4 is 23.1 Å². The second-order valence-corrected chi connectivity index (χ2v) is 3.64. The van der Waals surface area contributed by atoms with Crippen molar-refractivity contribution in [3.63, 3.8) is 0 Å². The van der Waals surface area contributed by atoms with Crippen LogP contribution < -0.4 is 0 Å². The first-order valence-corrected chi connectivity index (χ1v) is 5.22. The maximum Gasteiger partial charge on any atom is 0.376 e. The number of thiophene rings is 1. The smallest absolute Gasteiger partial charge is 0.376 e. The van der Waals surface area contributed by atoms with E-state index < -0.39 is 17.7 Å². The van der Waals surface area contributed by atoms with E-state index >= 15 is 0 Å². The molecule has 0 bridgehead atoms. The fraction of sp³-hybridized carbons (Fsp3) is 0.300. The molecule has 0 aliphatic rings. The molecule has 0 spiro atoms. The molecule has 0 amide bonds. The van der Waals surface area contributed by atoms with E-state index in [0.717, 1.165) is 0 Å². The zero-order chi connectivity index (χ0) is 11.3. The molecule has 1 unspecified atom stereocenters. The van der Waals surface area contributed by atoms with Crippen LogP contribution in [0.3, 0.4) is 0 Å². The topological polar surface area (TPSA) is 67.2 Å². The van der Waals surface area contributed by atoms with Crippen LogP contribution in [0.2, 0.25) is 0 Å². The number of Topliss-reactive ketones (excluding diaryl/α,β-unsaturated/α-hetero) is 1. The number of ketones is 1. The molecular weight excluding hydrogens is 214 g/mol. The molecule has 0 aromatic carbocycles. The zero-order valence-electron chi connectivity index (χ0n) is 8.10. The SMILES string of the molecule is CCOC(=O)C(=O)C(C#N)c1cccs1. The molecule has 0 aliphatic heterocycles. The predicted molar refractivity (Wildman–Crippen MR) is 54.3 cm³/mol. The number of rotatable bonds is 4. The van der Waals surface area contributed by atoms with Gasteiger partial charge in [-0.05, 0) is 18.4 Å². The Hall–Kier alpha value is -1.67. The van der Waals surface area contributed by atoms with Gasteiger partial charge in [-0.3, -0.25) is 4.79 Å². The number of hydrogen-bond donors (Lipinski definition) is 0. The van der Waals surface area contributed by atoms with Gasteiger partial charge in [-0.15, -0.1) is 11.3 Å². The van der Waals surface area contributed by atoms with E-state index in [4.69, 9.17) is 5.26 Å². The van der Waals surface area contributed by atoms with Gasteiger partial charge >= 0.3 is 5.97 Å². The molecule has 4 nitrogen and oxygen atoms in total. The van der Waals surface area contributed by atoms with Crippen molar-refractivity contribution in [2.24, 2.45) is 0 Å². The summed E-state index contributed by atoms with van der Waals surface area (Å²) in [4.78, 5) is 23.2. The summed E-state index contributed by atoms with van der Waals surface area (Å²) in [6.45, 7) is 1.74. The number of carbonyl (C=O) groups excluding carboxylic acids is 2. The summed E-state index contributed by atoms with van der Waals surface area (Å²) in [5.74, 6) is -2.79. The number of nitriles is 1.